The molecule has 12 rings (SSSR count). The Hall–Kier alpha value is -8.29. The third kappa shape index (κ3) is 39.9. The molecule has 0 unspecified atom stereocenters. The number of hydrogen-bond donors (Lipinski definition) is 15. The number of aromatic nitrogens is 6. The number of amides is 2. The summed E-state index contributed by atoms with van der Waals surface area (Å²) in [4.78, 5) is 151. The second kappa shape index (κ2) is 58.2. The van der Waals surface area contributed by atoms with Gasteiger partial charge in [0.2, 0.25) is 21.1 Å². The number of hydrogen-bond acceptors (Lipinski definition) is 32. The van der Waals surface area contributed by atoms with Crippen molar-refractivity contribution in [1.29, 1.82) is 0 Å². The Morgan fingerprint density at radius 1 is 0.528 bits per heavy atom. The van der Waals surface area contributed by atoms with Crippen molar-refractivity contribution >= 4 is 250 Å². The van der Waals surface area contributed by atoms with Crippen molar-refractivity contribution in [3.8, 4) is 16.9 Å². The van der Waals surface area contributed by atoms with Crippen LogP contribution in [0.2, 0.25) is 5.15 Å². The number of H-pyrrole nitrogens is 1. The van der Waals surface area contributed by atoms with Crippen LogP contribution in [0.5, 0.6) is 5.75 Å². The maximum Gasteiger partial charge on any atom is 0.252 e. The number of fused-ring (bicyclic) bond motifs is 4. The zero-order valence-electron chi connectivity index (χ0n) is 67.5. The molecule has 0 radical (unpaired) electrons. The zero-order valence-corrected chi connectivity index (χ0v) is 80.4. The van der Waals surface area contributed by atoms with Gasteiger partial charge < -0.3 is 15.5 Å². The number of benzene rings is 6. The monoisotopic (exact) mass is 2000 g/mol. The maximum atomic E-state index is 12.3. The lowest BCUT2D eigenvalue weighted by Crippen LogP contribution is -2.37. The SMILES string of the molecule is Cc1cc(Cl)nc(CC(=O)CS)n1.Cc1ccc(CC(=O)CS)cc1C.NS(=O)(=O)c1ccc(CC(=O)CS)cc1.O=C(CS)Cc1ccc(Br)cn1.O=C(CS)Cc1cccc2c1-c1ccccc1C2=O.O=C(CS)Cc1cccc2c1C(=O)CNC2=O.O=C(CS)Cc1ccccc1CO.O=C(CS)Cc1ncccc1O.O=C(CS)Nc1n[nH]c(=S)s1. The van der Waals surface area contributed by atoms with E-state index in [1.165, 1.54) is 40.7 Å². The Labute approximate surface area is 796 Å². The first-order chi connectivity index (χ1) is 59.5. The summed E-state index contributed by atoms with van der Waals surface area (Å²) in [5.41, 5.74) is 13.6. The van der Waals surface area contributed by atoms with Gasteiger partial charge in [0.25, 0.3) is 5.91 Å². The van der Waals surface area contributed by atoms with E-state index in [-0.39, 0.29) is 165 Å². The first-order valence-corrected chi connectivity index (χ1v) is 46.9. The molecule has 4 aromatic heterocycles. The van der Waals surface area contributed by atoms with Gasteiger partial charge in [-0.2, -0.15) is 114 Å². The molecule has 39 heteroatoms. The number of carbonyl (C=O) groups is 12. The van der Waals surface area contributed by atoms with Crippen molar-refractivity contribution in [3.05, 3.63) is 273 Å². The molecule has 2 aliphatic rings. The molecule has 662 valence electrons. The zero-order chi connectivity index (χ0) is 92.9. The molecule has 7 N–H and O–H groups in total. The minimum Gasteiger partial charge on any atom is -0.506 e. The minimum absolute atomic E-state index is 0.00207. The molecule has 0 spiro atoms. The fourth-order valence-electron chi connectivity index (χ4n) is 10.8. The molecule has 0 fully saturated rings. The van der Waals surface area contributed by atoms with Gasteiger partial charge in [0.15, 0.2) is 15.5 Å². The molecule has 0 saturated carbocycles. The number of nitrogens with two attached hydrogens (primary N) is 1. The molecule has 0 bridgehead atoms. The summed E-state index contributed by atoms with van der Waals surface area (Å²) in [6, 6.07) is 46.0. The van der Waals surface area contributed by atoms with Gasteiger partial charge in [-0.1, -0.05) is 132 Å². The number of Topliss-reactive ketones (excluding diaryl/α,β-unsaturated/α-hetero) is 9. The topological polar surface area (TPSA) is 410 Å². The highest BCUT2D eigenvalue weighted by Gasteiger charge is 2.29. The predicted molar refractivity (Wildman–Crippen MR) is 524 cm³/mol. The molecule has 10 aromatic rings. The van der Waals surface area contributed by atoms with E-state index in [0.717, 1.165) is 60.4 Å². The van der Waals surface area contributed by atoms with E-state index in [0.29, 0.717) is 79.4 Å². The van der Waals surface area contributed by atoms with Crippen LogP contribution >= 0.6 is 165 Å². The summed E-state index contributed by atoms with van der Waals surface area (Å²) in [5.74, 6) is 2.13. The van der Waals surface area contributed by atoms with E-state index in [4.69, 9.17) is 34.1 Å². The third-order valence-corrected chi connectivity index (χ3v) is 22.6. The minimum atomic E-state index is -3.65. The van der Waals surface area contributed by atoms with Gasteiger partial charge in [-0.05, 0) is 153 Å². The molecule has 1 aliphatic carbocycles. The molecule has 0 saturated heterocycles. The molecular formula is C86H91BrClN9O16S12. The summed E-state index contributed by atoms with van der Waals surface area (Å²) in [5, 5.41) is 35.2. The molecule has 5 heterocycles. The number of anilines is 1. The maximum absolute atomic E-state index is 12.3. The lowest BCUT2D eigenvalue weighted by molar-refractivity contribution is -0.116. The van der Waals surface area contributed by atoms with Crippen LogP contribution in [-0.4, -0.2) is 177 Å². The number of ketones is 10. The van der Waals surface area contributed by atoms with Crippen LogP contribution in [0.3, 0.4) is 0 Å². The number of aryl methyl sites for hydroxylation is 3. The van der Waals surface area contributed by atoms with E-state index in [9.17, 15) is 71.1 Å². The number of aromatic hydroxyl groups is 1. The number of pyridine rings is 2. The number of thiol groups is 9. The van der Waals surface area contributed by atoms with Crippen molar-refractivity contribution in [3.63, 3.8) is 0 Å². The number of sulfonamides is 1. The van der Waals surface area contributed by atoms with Crippen molar-refractivity contribution in [2.45, 2.75) is 83.6 Å². The Morgan fingerprint density at radius 3 is 1.54 bits per heavy atom. The molecule has 1 aliphatic heterocycles. The van der Waals surface area contributed by atoms with E-state index in [2.05, 4.69) is 196 Å². The second-order valence-corrected chi connectivity index (χ2v) is 33.9. The number of carbonyl (C=O) groups excluding carboxylic acids is 12. The predicted octanol–water partition coefficient (Wildman–Crippen LogP) is 12.8. The van der Waals surface area contributed by atoms with Crippen LogP contribution in [0.25, 0.3) is 11.1 Å². The van der Waals surface area contributed by atoms with Gasteiger partial charge in [-0.3, -0.25) is 77.9 Å². The van der Waals surface area contributed by atoms with Crippen molar-refractivity contribution in [2.75, 3.05) is 63.6 Å². The second-order valence-electron chi connectivity index (χ2n) is 26.5. The number of nitrogens with one attached hydrogen (secondary N) is 3. The summed E-state index contributed by atoms with van der Waals surface area (Å²) >= 11 is 49.9. The highest BCUT2D eigenvalue weighted by atomic mass is 79.9. The highest BCUT2D eigenvalue weighted by molar-refractivity contribution is 9.10. The Bertz CT molecular complexity index is 5580. The first-order valence-electron chi connectivity index (χ1n) is 37.2. The number of halogens is 2. The smallest absolute Gasteiger partial charge is 0.252 e. The molecule has 6 aromatic carbocycles. The standard InChI is InChI=1S/C16H12O2S.C12H11NO3S.C11H14OS.C10H12O2S.C9H11NO3S2.C8H8BrNOS.C8H9ClN2OS.C8H9NO2S.C4H5N3OS3/c17-11(9-19)8-10-4-3-7-14-15(10)12-5-1-2-6-13(12)16(14)18;14-8(6-17)4-7-2-1-3-9-11(7)10(15)5-13-12(9)16;1-8-3-4-10(5-9(8)2)6-11(12)7-13;11-6-9-4-2-1-3-8(9)5-10(12)7-13;10-15(12,13)9-3-1-7(2-4-9)5-8(11)6-14;9-6-1-2-7(10-4-6)3-8(11)5-12;1-5-2-7(9)11-8(10-5)3-6(12)4-13;10-6(5-12)4-7-8(11)2-1-3-9-7;8-2(1-9)5-3-6-7-4(10)11-3/h1-7,19H,8-9H2;1-3,17H,4-6H2,(H,13,16);3-5,13H,6-7H2,1-2H3;1-4,11,13H,5-7H2;1-4,14H,5-6H2,(H2,10,12,13);1-2,4,12H,3,5H2;2,13H,3-4H2,1H3;1-3,11-12H,4-5H2;9H,1H2,(H,7,10)(H,5,6,8). The van der Waals surface area contributed by atoms with Crippen LogP contribution in [0, 0.1) is 24.7 Å². The van der Waals surface area contributed by atoms with Crippen LogP contribution < -0.4 is 15.8 Å². The quantitative estimate of drug-likeness (QED) is 0.0123. The van der Waals surface area contributed by atoms with Crippen LogP contribution in [0.15, 0.2) is 179 Å². The van der Waals surface area contributed by atoms with Crippen LogP contribution in [-0.2, 0) is 111 Å². The normalized spacial score (nSPS) is 11.0. The first kappa shape index (κ1) is 109. The van der Waals surface area contributed by atoms with Crippen LogP contribution in [0.1, 0.15) is 104 Å². The van der Waals surface area contributed by atoms with E-state index in [1.807, 2.05) is 91.9 Å². The Kier molecular flexibility index (Phi) is 50.8. The van der Waals surface area contributed by atoms with Gasteiger partial charge >= 0.3 is 0 Å². The fraction of sp³-hybridized carbons (Fsp3) is 0.256. The number of aliphatic hydroxyl groups is 1. The number of nitrogens with zero attached hydrogens (tertiary/aromatic N) is 5. The summed E-state index contributed by atoms with van der Waals surface area (Å²) in [6.45, 7) is 5.92. The number of aromatic amines is 1. The molecular weight excluding hydrogens is 1920 g/mol. The Morgan fingerprint density at radius 2 is 1.02 bits per heavy atom. The highest BCUT2D eigenvalue weighted by Crippen LogP contribution is 2.39. The van der Waals surface area contributed by atoms with Gasteiger partial charge in [-0.15, -0.1) is 5.10 Å². The fourth-order valence-corrected chi connectivity index (χ4v) is 13.6. The molecule has 0 atom stereocenters. The number of primary sulfonamides is 1. The molecule has 2 amide bonds. The van der Waals surface area contributed by atoms with Crippen molar-refractivity contribution in [2.24, 2.45) is 5.14 Å². The van der Waals surface area contributed by atoms with E-state index >= 15 is 0 Å². The average Bonchev–Trinajstić information content (AvgIpc) is 1.62. The number of aliphatic hydroxyl groups excluding tert-OH is 1. The molecule has 25 nitrogen and oxygen atoms in total. The van der Waals surface area contributed by atoms with Gasteiger partial charge in [0, 0.05) is 129 Å². The van der Waals surface area contributed by atoms with E-state index < -0.39 is 10.0 Å². The average molecular weight is 2010 g/mol. The van der Waals surface area contributed by atoms with Crippen LogP contribution in [0.4, 0.5) is 5.13 Å². The Balaban J connectivity index is 0.000000297. The summed E-state index contributed by atoms with van der Waals surface area (Å²) in [7, 11) is -3.65. The third-order valence-electron chi connectivity index (χ3n) is 16.9. The molecule has 125 heavy (non-hydrogen) atoms. The van der Waals surface area contributed by atoms with Gasteiger partial charge in [0.05, 0.1) is 47.9 Å². The van der Waals surface area contributed by atoms with E-state index in [1.54, 1.807) is 54.9 Å². The summed E-state index contributed by atoms with van der Waals surface area (Å²) < 4.78 is 23.3. The lowest BCUT2D eigenvalue weighted by Gasteiger charge is -2.18. The van der Waals surface area contributed by atoms with Gasteiger partial charge in [-0.25, -0.2) is 23.5 Å². The van der Waals surface area contributed by atoms with Crippen molar-refractivity contribution < 1.29 is 76.2 Å². The van der Waals surface area contributed by atoms with Crippen molar-refractivity contribution in [1.82, 2.24) is 35.5 Å². The summed E-state index contributed by atoms with van der Waals surface area (Å²) in [6.07, 6.45) is 5.54. The largest absolute Gasteiger partial charge is 0.506 e. The van der Waals surface area contributed by atoms with Gasteiger partial charge in [0.1, 0.15) is 63.0 Å². The lowest BCUT2D eigenvalue weighted by atomic mass is 9.92. The number of rotatable bonds is 28.